The monoisotopic (exact) mass is 466 g/mol. The lowest BCUT2D eigenvalue weighted by Gasteiger charge is -2.49. The smallest absolute Gasteiger partial charge is 0.352 e. The zero-order chi connectivity index (χ0) is 22.3. The Hall–Kier alpha value is -2.94. The third kappa shape index (κ3) is 3.78. The van der Waals surface area contributed by atoms with Gasteiger partial charge in [-0.1, -0.05) is 12.1 Å². The molecule has 1 fully saturated rings. The molecule has 164 valence electrons. The van der Waals surface area contributed by atoms with Crippen LogP contribution in [0.1, 0.15) is 29.7 Å². The van der Waals surface area contributed by atoms with E-state index in [1.54, 1.807) is 7.05 Å². The second-order valence-corrected chi connectivity index (χ2v) is 8.45. The first kappa shape index (κ1) is 21.3. The molecule has 3 atom stereocenters. The molecular weight excluding hydrogens is 448 g/mol. The lowest BCUT2D eigenvalue weighted by molar-refractivity contribution is -0.150. The van der Waals surface area contributed by atoms with Crippen molar-refractivity contribution in [3.8, 4) is 0 Å². The first-order valence-corrected chi connectivity index (χ1v) is 10.8. The molecule has 0 saturated carbocycles. The van der Waals surface area contributed by atoms with E-state index in [9.17, 15) is 19.5 Å². The van der Waals surface area contributed by atoms with E-state index in [1.807, 2.05) is 6.92 Å². The number of carbonyl (C=O) groups excluding carboxylic acids is 2. The minimum absolute atomic E-state index is 0.143. The molecule has 2 amide bonds. The number of aromatic nitrogens is 6. The highest BCUT2D eigenvalue weighted by Gasteiger charge is 2.54. The number of thiol groups is 1. The van der Waals surface area contributed by atoms with E-state index in [2.05, 4.69) is 43.6 Å². The molecule has 0 spiro atoms. The van der Waals surface area contributed by atoms with Crippen LogP contribution >= 0.6 is 24.4 Å². The Morgan fingerprint density at radius 3 is 2.84 bits per heavy atom. The number of aryl methyl sites for hydroxylation is 2. The number of nitrogens with zero attached hydrogens (tertiary/aromatic N) is 7. The number of nitrogens with one attached hydrogen (secondary N) is 1. The summed E-state index contributed by atoms with van der Waals surface area (Å²) in [5.41, 5.74) is 0.250. The molecular formula is C16H18N8O5S2. The van der Waals surface area contributed by atoms with Crippen LogP contribution < -0.4 is 5.32 Å². The molecule has 2 aliphatic rings. The number of carboxylic acid groups (broad SMARTS) is 1. The maximum Gasteiger partial charge on any atom is 0.352 e. The van der Waals surface area contributed by atoms with E-state index in [0.717, 1.165) is 0 Å². The molecule has 1 saturated heterocycles. The molecule has 4 rings (SSSR count). The summed E-state index contributed by atoms with van der Waals surface area (Å²) in [6.07, 6.45) is 0.405. The van der Waals surface area contributed by atoms with Crippen molar-refractivity contribution in [1.82, 2.24) is 40.6 Å². The molecule has 31 heavy (non-hydrogen) atoms. The van der Waals surface area contributed by atoms with Crippen LogP contribution in [0.2, 0.25) is 0 Å². The first-order chi connectivity index (χ1) is 14.8. The summed E-state index contributed by atoms with van der Waals surface area (Å²) < 4.78 is 6.36. The Morgan fingerprint density at radius 1 is 1.45 bits per heavy atom. The number of hydrogen-bond acceptors (Lipinski definition) is 11. The molecule has 2 aromatic rings. The van der Waals surface area contributed by atoms with Crippen molar-refractivity contribution in [2.24, 2.45) is 7.05 Å². The van der Waals surface area contributed by atoms with Gasteiger partial charge in [0.25, 0.3) is 5.91 Å². The number of rotatable bonds is 7. The minimum atomic E-state index is -1.26. The van der Waals surface area contributed by atoms with Gasteiger partial charge >= 0.3 is 5.97 Å². The molecule has 2 aliphatic heterocycles. The minimum Gasteiger partial charge on any atom is -0.477 e. The van der Waals surface area contributed by atoms with Gasteiger partial charge in [-0.2, -0.15) is 17.6 Å². The number of carboxylic acids is 1. The zero-order valence-corrected chi connectivity index (χ0v) is 18.1. The second kappa shape index (κ2) is 8.30. The Morgan fingerprint density at radius 2 is 2.23 bits per heavy atom. The van der Waals surface area contributed by atoms with Crippen molar-refractivity contribution in [3.63, 3.8) is 0 Å². The van der Waals surface area contributed by atoms with Gasteiger partial charge in [-0.15, -0.1) is 16.9 Å². The van der Waals surface area contributed by atoms with Gasteiger partial charge in [-0.3, -0.25) is 14.5 Å². The third-order valence-corrected chi connectivity index (χ3v) is 6.72. The van der Waals surface area contributed by atoms with Crippen LogP contribution in [0.15, 0.2) is 15.8 Å². The normalized spacial score (nSPS) is 21.5. The summed E-state index contributed by atoms with van der Waals surface area (Å²) >= 11 is 5.83. The van der Waals surface area contributed by atoms with Gasteiger partial charge in [-0.05, 0) is 16.0 Å². The molecule has 0 radical (unpaired) electrons. The van der Waals surface area contributed by atoms with E-state index in [0.29, 0.717) is 23.7 Å². The predicted molar refractivity (Wildman–Crippen MR) is 108 cm³/mol. The number of β-lactam (4-membered cyclic amide) rings is 1. The maximum atomic E-state index is 12.8. The fraction of sp³-hybridized carbons (Fsp3) is 0.500. The average Bonchev–Trinajstić information content (AvgIpc) is 3.38. The van der Waals surface area contributed by atoms with Crippen molar-refractivity contribution in [1.29, 1.82) is 0 Å². The van der Waals surface area contributed by atoms with Gasteiger partial charge in [0.05, 0.1) is 11.7 Å². The third-order valence-electron chi connectivity index (χ3n) is 4.88. The Labute approximate surface area is 185 Å². The molecule has 4 heterocycles. The number of tetrazole rings is 1. The van der Waals surface area contributed by atoms with Crippen LogP contribution in [0.3, 0.4) is 0 Å². The lowest BCUT2D eigenvalue weighted by atomic mass is 10.0. The summed E-state index contributed by atoms with van der Waals surface area (Å²) in [4.78, 5) is 42.3. The average molecular weight is 467 g/mol. The van der Waals surface area contributed by atoms with Gasteiger partial charge in [0.2, 0.25) is 11.8 Å². The molecule has 2 N–H and O–H groups in total. The standard InChI is InChI=1S/C16H18N8O5S2/c1-3-9-17-7(20-29-9)4-8(25)18-10-14(26)24-11(16(27)28)6(5-31-15(10)24)12(30)13-19-21-22-23(13)2/h10,12,15,30H,3-5H2,1-2H3,(H,18,25)(H,27,28)/t10?,12?,15-/m1/s1. The topological polar surface area (TPSA) is 169 Å². The fourth-order valence-corrected chi connectivity index (χ4v) is 5.29. The lowest BCUT2D eigenvalue weighted by Crippen LogP contribution is -2.70. The summed E-state index contributed by atoms with van der Waals surface area (Å²) in [6.45, 7) is 1.84. The van der Waals surface area contributed by atoms with Crippen molar-refractivity contribution >= 4 is 42.2 Å². The molecule has 0 aromatic carbocycles. The van der Waals surface area contributed by atoms with E-state index in [1.165, 1.54) is 21.3 Å². The first-order valence-electron chi connectivity index (χ1n) is 9.24. The number of fused-ring (bicyclic) bond motifs is 1. The van der Waals surface area contributed by atoms with Crippen LogP contribution in [0, 0.1) is 0 Å². The molecule has 2 aromatic heterocycles. The van der Waals surface area contributed by atoms with Crippen molar-refractivity contribution in [2.45, 2.75) is 36.4 Å². The van der Waals surface area contributed by atoms with Crippen LogP contribution in [0.4, 0.5) is 0 Å². The van der Waals surface area contributed by atoms with Crippen LogP contribution in [0.5, 0.6) is 0 Å². The van der Waals surface area contributed by atoms with Gasteiger partial charge in [0.1, 0.15) is 17.1 Å². The number of aliphatic carboxylic acids is 1. The summed E-state index contributed by atoms with van der Waals surface area (Å²) in [6, 6.07) is -0.846. The summed E-state index contributed by atoms with van der Waals surface area (Å²) in [7, 11) is 1.62. The molecule has 15 heteroatoms. The Kier molecular flexibility index (Phi) is 5.70. The number of thioether (sulfide) groups is 1. The van der Waals surface area contributed by atoms with Crippen LogP contribution in [-0.2, 0) is 34.3 Å². The Balaban J connectivity index is 1.50. The molecule has 13 nitrogen and oxygen atoms in total. The van der Waals surface area contributed by atoms with Gasteiger partial charge in [-0.25, -0.2) is 9.48 Å². The Bertz CT molecular complexity index is 1080. The van der Waals surface area contributed by atoms with E-state index < -0.39 is 34.4 Å². The fourth-order valence-electron chi connectivity index (χ4n) is 3.35. The molecule has 2 unspecified atom stereocenters. The molecule has 0 aliphatic carbocycles. The van der Waals surface area contributed by atoms with Crippen molar-refractivity contribution in [3.05, 3.63) is 28.8 Å². The van der Waals surface area contributed by atoms with Crippen LogP contribution in [-0.4, -0.2) is 75.3 Å². The van der Waals surface area contributed by atoms with Crippen molar-refractivity contribution in [2.75, 3.05) is 5.75 Å². The highest BCUT2D eigenvalue weighted by molar-refractivity contribution is 8.00. The van der Waals surface area contributed by atoms with E-state index in [-0.39, 0.29) is 23.7 Å². The van der Waals surface area contributed by atoms with Gasteiger partial charge in [0.15, 0.2) is 11.6 Å². The summed E-state index contributed by atoms with van der Waals surface area (Å²) in [5.74, 6) is -0.941. The SMILES string of the molecule is CCc1nc(CC(=O)NC2C(=O)N3C(C(=O)O)=C(C(S)c4nnnn4C)CS[C@H]23)no1. The number of hydrogen-bond donors (Lipinski definition) is 3. The quantitative estimate of drug-likeness (QED) is 0.342. The largest absolute Gasteiger partial charge is 0.477 e. The highest BCUT2D eigenvalue weighted by Crippen LogP contribution is 2.44. The second-order valence-electron chi connectivity index (χ2n) is 6.83. The maximum absolute atomic E-state index is 12.8. The number of amides is 2. The van der Waals surface area contributed by atoms with Gasteiger partial charge < -0.3 is 14.9 Å². The zero-order valence-electron chi connectivity index (χ0n) is 16.4. The van der Waals surface area contributed by atoms with E-state index in [4.69, 9.17) is 4.52 Å². The van der Waals surface area contributed by atoms with Crippen LogP contribution in [0.25, 0.3) is 0 Å². The summed E-state index contributed by atoms with van der Waals surface area (Å²) in [5, 5.41) is 26.1. The molecule has 0 bridgehead atoms. The van der Waals surface area contributed by atoms with Gasteiger partial charge in [0, 0.05) is 19.2 Å². The number of carbonyl (C=O) groups is 3. The highest BCUT2D eigenvalue weighted by atomic mass is 32.2. The predicted octanol–water partition coefficient (Wildman–Crippen LogP) is -0.892. The van der Waals surface area contributed by atoms with E-state index >= 15 is 0 Å². The van der Waals surface area contributed by atoms with Crippen molar-refractivity contribution < 1.29 is 24.0 Å².